The summed E-state index contributed by atoms with van der Waals surface area (Å²) in [6.07, 6.45) is 0.562. The Hall–Kier alpha value is -1.00. The molecule has 4 heteroatoms. The molecule has 0 radical (unpaired) electrons. The van der Waals surface area contributed by atoms with Crippen molar-refractivity contribution in [2.24, 2.45) is 0 Å². The van der Waals surface area contributed by atoms with Gasteiger partial charge in [0.2, 0.25) is 5.91 Å². The smallest absolute Gasteiger partial charge is 0.230 e. The van der Waals surface area contributed by atoms with Gasteiger partial charge in [-0.25, -0.2) is 0 Å². The van der Waals surface area contributed by atoms with Gasteiger partial charge in [0.05, 0.1) is 5.75 Å². The maximum Gasteiger partial charge on any atom is 0.230 e. The molecule has 1 aromatic carbocycles. The molecule has 0 spiro atoms. The van der Waals surface area contributed by atoms with Crippen molar-refractivity contribution >= 4 is 17.7 Å². The fourth-order valence-electron chi connectivity index (χ4n) is 1.76. The van der Waals surface area contributed by atoms with Gasteiger partial charge >= 0.3 is 0 Å². The van der Waals surface area contributed by atoms with Crippen LogP contribution in [-0.4, -0.2) is 28.9 Å². The van der Waals surface area contributed by atoms with Crippen molar-refractivity contribution in [3.8, 4) is 0 Å². The third-order valence-corrected chi connectivity index (χ3v) is 4.07. The molecule has 106 valence electrons. The molecule has 0 saturated carbocycles. The van der Waals surface area contributed by atoms with Gasteiger partial charge in [-0.15, -0.1) is 11.8 Å². The van der Waals surface area contributed by atoms with Crippen molar-refractivity contribution in [3.63, 3.8) is 0 Å². The second kappa shape index (κ2) is 6.96. The minimum atomic E-state index is -0.353. The number of rotatable bonds is 6. The van der Waals surface area contributed by atoms with Gasteiger partial charge in [-0.05, 0) is 45.7 Å². The summed E-state index contributed by atoms with van der Waals surface area (Å²) in [5, 5.41) is 11.9. The molecule has 0 atom stereocenters. The number of thioether (sulfide) groups is 1. The van der Waals surface area contributed by atoms with E-state index in [4.69, 9.17) is 5.11 Å². The summed E-state index contributed by atoms with van der Waals surface area (Å²) in [7, 11) is 0. The van der Waals surface area contributed by atoms with E-state index in [1.165, 1.54) is 11.1 Å². The summed E-state index contributed by atoms with van der Waals surface area (Å²) in [4.78, 5) is 13.0. The Kier molecular flexibility index (Phi) is 5.88. The molecule has 1 rings (SSSR count). The van der Waals surface area contributed by atoms with Crippen molar-refractivity contribution in [2.45, 2.75) is 44.6 Å². The number of carbonyl (C=O) groups is 1. The number of hydrogen-bond donors (Lipinski definition) is 2. The number of benzene rings is 1. The quantitative estimate of drug-likeness (QED) is 0.788. The summed E-state index contributed by atoms with van der Waals surface area (Å²) in [6.45, 7) is 8.02. The molecule has 1 amide bonds. The zero-order valence-corrected chi connectivity index (χ0v) is 12.9. The third kappa shape index (κ3) is 5.66. The number of hydrogen-bond acceptors (Lipinski definition) is 3. The molecule has 0 unspecified atom stereocenters. The number of aliphatic hydroxyl groups is 1. The fourth-order valence-corrected chi connectivity index (χ4v) is 2.69. The largest absolute Gasteiger partial charge is 0.396 e. The van der Waals surface area contributed by atoms with Crippen molar-refractivity contribution < 1.29 is 9.90 Å². The first-order chi connectivity index (χ1) is 8.84. The number of amides is 1. The van der Waals surface area contributed by atoms with E-state index in [2.05, 4.69) is 30.4 Å². The van der Waals surface area contributed by atoms with E-state index in [9.17, 15) is 4.79 Å². The van der Waals surface area contributed by atoms with Crippen LogP contribution in [0.15, 0.2) is 23.1 Å². The van der Waals surface area contributed by atoms with E-state index in [1.54, 1.807) is 11.8 Å². The van der Waals surface area contributed by atoms with Crippen LogP contribution >= 0.6 is 11.8 Å². The van der Waals surface area contributed by atoms with Gasteiger partial charge < -0.3 is 10.4 Å². The van der Waals surface area contributed by atoms with E-state index in [-0.39, 0.29) is 18.1 Å². The second-order valence-corrected chi connectivity index (χ2v) is 6.48. The van der Waals surface area contributed by atoms with Crippen LogP contribution < -0.4 is 5.32 Å². The van der Waals surface area contributed by atoms with Crippen LogP contribution in [0.2, 0.25) is 0 Å². The van der Waals surface area contributed by atoms with Gasteiger partial charge in [0.25, 0.3) is 0 Å². The van der Waals surface area contributed by atoms with Crippen molar-refractivity contribution in [1.82, 2.24) is 5.32 Å². The van der Waals surface area contributed by atoms with Crippen LogP contribution in [0.5, 0.6) is 0 Å². The average Bonchev–Trinajstić information content (AvgIpc) is 2.29. The fraction of sp³-hybridized carbons (Fsp3) is 0.533. The van der Waals surface area contributed by atoms with Gasteiger partial charge in [-0.3, -0.25) is 4.79 Å². The highest BCUT2D eigenvalue weighted by atomic mass is 32.2. The Morgan fingerprint density at radius 1 is 1.37 bits per heavy atom. The third-order valence-electron chi connectivity index (χ3n) is 2.92. The zero-order chi connectivity index (χ0) is 14.5. The highest BCUT2D eigenvalue weighted by Crippen LogP contribution is 2.23. The Morgan fingerprint density at radius 3 is 2.68 bits per heavy atom. The van der Waals surface area contributed by atoms with E-state index in [0.29, 0.717) is 12.2 Å². The molecular weight excluding hydrogens is 258 g/mol. The minimum Gasteiger partial charge on any atom is -0.396 e. The Labute approximate surface area is 119 Å². The van der Waals surface area contributed by atoms with E-state index in [1.807, 2.05) is 20.8 Å². The van der Waals surface area contributed by atoms with Crippen LogP contribution in [0.4, 0.5) is 0 Å². The molecule has 0 aliphatic carbocycles. The molecule has 0 heterocycles. The molecule has 0 fully saturated rings. The van der Waals surface area contributed by atoms with Crippen molar-refractivity contribution in [3.05, 3.63) is 29.3 Å². The summed E-state index contributed by atoms with van der Waals surface area (Å²) in [5.41, 5.74) is 2.04. The lowest BCUT2D eigenvalue weighted by Gasteiger charge is -2.25. The molecular formula is C15H23NO2S. The lowest BCUT2D eigenvalue weighted by Crippen LogP contribution is -2.44. The van der Waals surface area contributed by atoms with Gasteiger partial charge in [0, 0.05) is 17.0 Å². The van der Waals surface area contributed by atoms with E-state index in [0.717, 1.165) is 4.90 Å². The summed E-state index contributed by atoms with van der Waals surface area (Å²) in [6, 6.07) is 6.25. The monoisotopic (exact) mass is 281 g/mol. The molecule has 0 bridgehead atoms. The first kappa shape index (κ1) is 16.1. The first-order valence-electron chi connectivity index (χ1n) is 6.46. The lowest BCUT2D eigenvalue weighted by atomic mass is 10.0. The maximum absolute atomic E-state index is 11.9. The number of carbonyl (C=O) groups excluding carboxylic acids is 1. The molecule has 1 aromatic rings. The Morgan fingerprint density at radius 2 is 2.05 bits per heavy atom. The standard InChI is InChI=1S/C15H23NO2S/c1-11-5-6-12(2)13(9-11)19-10-14(18)16-15(3,4)7-8-17/h5-6,9,17H,7-8,10H2,1-4H3,(H,16,18). The molecule has 19 heavy (non-hydrogen) atoms. The average molecular weight is 281 g/mol. The maximum atomic E-state index is 11.9. The van der Waals surface area contributed by atoms with Crippen LogP contribution in [0.3, 0.4) is 0 Å². The molecule has 3 nitrogen and oxygen atoms in total. The Balaban J connectivity index is 2.52. The zero-order valence-electron chi connectivity index (χ0n) is 12.1. The molecule has 0 aromatic heterocycles. The van der Waals surface area contributed by atoms with E-state index < -0.39 is 0 Å². The van der Waals surface area contributed by atoms with Crippen molar-refractivity contribution in [1.29, 1.82) is 0 Å². The van der Waals surface area contributed by atoms with Gasteiger partial charge in [-0.1, -0.05) is 17.7 Å². The highest BCUT2D eigenvalue weighted by Gasteiger charge is 2.19. The summed E-state index contributed by atoms with van der Waals surface area (Å²) < 4.78 is 0. The second-order valence-electron chi connectivity index (χ2n) is 5.46. The van der Waals surface area contributed by atoms with Crippen LogP contribution in [0.1, 0.15) is 31.4 Å². The predicted molar refractivity (Wildman–Crippen MR) is 80.6 cm³/mol. The van der Waals surface area contributed by atoms with Gasteiger partial charge in [0.15, 0.2) is 0 Å². The van der Waals surface area contributed by atoms with Crippen molar-refractivity contribution in [2.75, 3.05) is 12.4 Å². The van der Waals surface area contributed by atoms with Crippen LogP contribution in [0.25, 0.3) is 0 Å². The molecule has 0 aliphatic rings. The van der Waals surface area contributed by atoms with Crippen LogP contribution in [0, 0.1) is 13.8 Å². The predicted octanol–water partition coefficient (Wildman–Crippen LogP) is 2.67. The Bertz CT molecular complexity index is 444. The first-order valence-corrected chi connectivity index (χ1v) is 7.44. The summed E-state index contributed by atoms with van der Waals surface area (Å²) in [5.74, 6) is 0.406. The summed E-state index contributed by atoms with van der Waals surface area (Å²) >= 11 is 1.55. The van der Waals surface area contributed by atoms with Crippen LogP contribution in [-0.2, 0) is 4.79 Å². The van der Waals surface area contributed by atoms with Gasteiger partial charge in [0.1, 0.15) is 0 Å². The minimum absolute atomic E-state index is 0.00403. The molecule has 0 aliphatic heterocycles. The SMILES string of the molecule is Cc1ccc(C)c(SCC(=O)NC(C)(C)CCO)c1. The van der Waals surface area contributed by atoms with Gasteiger partial charge in [-0.2, -0.15) is 0 Å². The molecule has 2 N–H and O–H groups in total. The topological polar surface area (TPSA) is 49.3 Å². The van der Waals surface area contributed by atoms with E-state index >= 15 is 0 Å². The number of nitrogens with one attached hydrogen (secondary N) is 1. The number of aryl methyl sites for hydroxylation is 2. The highest BCUT2D eigenvalue weighted by molar-refractivity contribution is 8.00. The molecule has 0 saturated heterocycles. The lowest BCUT2D eigenvalue weighted by molar-refractivity contribution is -0.120. The number of aliphatic hydroxyl groups excluding tert-OH is 1. The normalized spacial score (nSPS) is 11.4.